The molecule has 96 valence electrons. The number of imidazole rings is 1. The summed E-state index contributed by atoms with van der Waals surface area (Å²) < 4.78 is 15.6. The van der Waals surface area contributed by atoms with E-state index < -0.39 is 5.82 Å². The number of nitrogen functional groups attached to an aromatic ring is 1. The first kappa shape index (κ1) is 11.5. The fraction of sp³-hybridized carbons (Fsp3) is 0.0714. The number of aromatic hydroxyl groups is 1. The van der Waals surface area contributed by atoms with Gasteiger partial charge in [0.1, 0.15) is 0 Å². The molecule has 0 unspecified atom stereocenters. The quantitative estimate of drug-likeness (QED) is 0.704. The third-order valence-corrected chi connectivity index (χ3v) is 3.20. The second-order valence-electron chi connectivity index (χ2n) is 4.37. The van der Waals surface area contributed by atoms with Gasteiger partial charge in [0.25, 0.3) is 0 Å². The molecule has 0 saturated heterocycles. The van der Waals surface area contributed by atoms with Gasteiger partial charge in [0.15, 0.2) is 11.6 Å². The standard InChI is InChI=1S/C14H12FN3O/c1-18-11-6-5-8(7-10(11)17-14(18)16)9-3-2-4-12(19)13(9)15/h2-7,19H,1H3,(H2,16,17). The zero-order valence-electron chi connectivity index (χ0n) is 10.3. The number of anilines is 1. The van der Waals surface area contributed by atoms with Gasteiger partial charge in [-0.2, -0.15) is 0 Å². The van der Waals surface area contributed by atoms with Crippen molar-refractivity contribution in [3.05, 3.63) is 42.2 Å². The molecule has 0 saturated carbocycles. The molecule has 0 spiro atoms. The summed E-state index contributed by atoms with van der Waals surface area (Å²) in [6, 6.07) is 9.89. The lowest BCUT2D eigenvalue weighted by Gasteiger charge is -2.05. The number of halogens is 1. The largest absolute Gasteiger partial charge is 0.505 e. The van der Waals surface area contributed by atoms with E-state index in [4.69, 9.17) is 5.73 Å². The van der Waals surface area contributed by atoms with E-state index in [1.54, 1.807) is 28.8 Å². The summed E-state index contributed by atoms with van der Waals surface area (Å²) in [5.41, 5.74) is 8.30. The number of rotatable bonds is 1. The number of phenolic OH excluding ortho intramolecular Hbond substituents is 1. The number of aromatic nitrogens is 2. The predicted molar refractivity (Wildman–Crippen MR) is 72.2 cm³/mol. The molecular weight excluding hydrogens is 245 g/mol. The van der Waals surface area contributed by atoms with Crippen LogP contribution < -0.4 is 5.73 Å². The monoisotopic (exact) mass is 257 g/mol. The Hall–Kier alpha value is -2.56. The molecule has 3 aromatic rings. The summed E-state index contributed by atoms with van der Waals surface area (Å²) in [5.74, 6) is -0.590. The summed E-state index contributed by atoms with van der Waals surface area (Å²) in [5, 5.41) is 9.41. The normalized spacial score (nSPS) is 11.1. The van der Waals surface area contributed by atoms with Gasteiger partial charge in [0.2, 0.25) is 5.95 Å². The fourth-order valence-electron chi connectivity index (χ4n) is 2.13. The van der Waals surface area contributed by atoms with Crippen LogP contribution in [0.4, 0.5) is 10.3 Å². The molecule has 4 nitrogen and oxygen atoms in total. The van der Waals surface area contributed by atoms with Gasteiger partial charge in [-0.15, -0.1) is 0 Å². The molecule has 3 N–H and O–H groups in total. The van der Waals surface area contributed by atoms with Crippen molar-refractivity contribution in [3.8, 4) is 16.9 Å². The number of hydrogen-bond donors (Lipinski definition) is 2. The van der Waals surface area contributed by atoms with Crippen LogP contribution in [0.25, 0.3) is 22.2 Å². The Labute approximate surface area is 108 Å². The van der Waals surface area contributed by atoms with Gasteiger partial charge < -0.3 is 15.4 Å². The number of nitrogens with two attached hydrogens (primary N) is 1. The lowest BCUT2D eigenvalue weighted by Crippen LogP contribution is -1.95. The highest BCUT2D eigenvalue weighted by Gasteiger charge is 2.11. The average Bonchev–Trinajstić information content (AvgIpc) is 2.68. The van der Waals surface area contributed by atoms with E-state index in [1.165, 1.54) is 6.07 Å². The lowest BCUT2D eigenvalue weighted by atomic mass is 10.0. The van der Waals surface area contributed by atoms with E-state index >= 15 is 0 Å². The van der Waals surface area contributed by atoms with Crippen molar-refractivity contribution in [1.82, 2.24) is 9.55 Å². The fourth-order valence-corrected chi connectivity index (χ4v) is 2.13. The van der Waals surface area contributed by atoms with Crippen molar-refractivity contribution < 1.29 is 9.50 Å². The summed E-state index contributed by atoms with van der Waals surface area (Å²) >= 11 is 0. The molecule has 1 heterocycles. The summed E-state index contributed by atoms with van der Waals surface area (Å²) in [6.07, 6.45) is 0. The van der Waals surface area contributed by atoms with Crippen LogP contribution >= 0.6 is 0 Å². The lowest BCUT2D eigenvalue weighted by molar-refractivity contribution is 0.433. The van der Waals surface area contributed by atoms with Crippen molar-refractivity contribution in [2.75, 3.05) is 5.73 Å². The Morgan fingerprint density at radius 3 is 2.84 bits per heavy atom. The van der Waals surface area contributed by atoms with Gasteiger partial charge in [-0.1, -0.05) is 18.2 Å². The highest BCUT2D eigenvalue weighted by molar-refractivity contribution is 5.84. The Balaban J connectivity index is 2.23. The van der Waals surface area contributed by atoms with Gasteiger partial charge in [-0.3, -0.25) is 0 Å². The number of phenols is 1. The van der Waals surface area contributed by atoms with Crippen LogP contribution in [0.2, 0.25) is 0 Å². The van der Waals surface area contributed by atoms with Crippen molar-refractivity contribution in [1.29, 1.82) is 0 Å². The SMILES string of the molecule is Cn1c(N)nc2cc(-c3cccc(O)c3F)ccc21. The van der Waals surface area contributed by atoms with E-state index in [9.17, 15) is 9.50 Å². The predicted octanol–water partition coefficient (Wildman–Crippen LogP) is 2.67. The summed E-state index contributed by atoms with van der Waals surface area (Å²) in [7, 11) is 1.82. The van der Waals surface area contributed by atoms with Crippen LogP contribution in [-0.4, -0.2) is 14.7 Å². The van der Waals surface area contributed by atoms with E-state index in [0.717, 1.165) is 5.52 Å². The Bertz CT molecular complexity index is 780. The summed E-state index contributed by atoms with van der Waals surface area (Å²) in [6.45, 7) is 0. The minimum absolute atomic E-state index is 0.339. The number of fused-ring (bicyclic) bond motifs is 1. The van der Waals surface area contributed by atoms with E-state index in [1.807, 2.05) is 13.1 Å². The Morgan fingerprint density at radius 2 is 2.05 bits per heavy atom. The molecule has 5 heteroatoms. The minimum Gasteiger partial charge on any atom is -0.505 e. The maximum absolute atomic E-state index is 13.9. The Morgan fingerprint density at radius 1 is 1.26 bits per heavy atom. The van der Waals surface area contributed by atoms with Gasteiger partial charge in [-0.05, 0) is 23.8 Å². The molecule has 0 amide bonds. The molecule has 0 fully saturated rings. The maximum atomic E-state index is 13.9. The van der Waals surface area contributed by atoms with Crippen LogP contribution in [0.5, 0.6) is 5.75 Å². The minimum atomic E-state index is -0.634. The number of nitrogens with zero attached hydrogens (tertiary/aromatic N) is 2. The van der Waals surface area contributed by atoms with Crippen LogP contribution in [0.3, 0.4) is 0 Å². The van der Waals surface area contributed by atoms with Crippen molar-refractivity contribution >= 4 is 17.0 Å². The van der Waals surface area contributed by atoms with Gasteiger partial charge >= 0.3 is 0 Å². The average molecular weight is 257 g/mol. The molecule has 0 radical (unpaired) electrons. The second kappa shape index (κ2) is 3.98. The molecule has 19 heavy (non-hydrogen) atoms. The van der Waals surface area contributed by atoms with Gasteiger partial charge in [0, 0.05) is 12.6 Å². The van der Waals surface area contributed by atoms with Gasteiger partial charge in [-0.25, -0.2) is 9.37 Å². The zero-order chi connectivity index (χ0) is 13.6. The first-order valence-electron chi connectivity index (χ1n) is 5.77. The van der Waals surface area contributed by atoms with E-state index in [0.29, 0.717) is 22.6 Å². The zero-order valence-corrected chi connectivity index (χ0v) is 10.3. The molecule has 1 aromatic heterocycles. The topological polar surface area (TPSA) is 64.1 Å². The molecule has 0 bridgehead atoms. The van der Waals surface area contributed by atoms with Crippen LogP contribution in [-0.2, 0) is 7.05 Å². The van der Waals surface area contributed by atoms with Crippen LogP contribution in [0, 0.1) is 5.82 Å². The Kier molecular flexibility index (Phi) is 2.41. The number of hydrogen-bond acceptors (Lipinski definition) is 3. The van der Waals surface area contributed by atoms with Crippen LogP contribution in [0.15, 0.2) is 36.4 Å². The molecule has 3 rings (SSSR count). The highest BCUT2D eigenvalue weighted by atomic mass is 19.1. The molecule has 0 aliphatic heterocycles. The first-order chi connectivity index (χ1) is 9.08. The maximum Gasteiger partial charge on any atom is 0.200 e. The molecule has 0 aliphatic carbocycles. The van der Waals surface area contributed by atoms with Crippen molar-refractivity contribution in [3.63, 3.8) is 0 Å². The smallest absolute Gasteiger partial charge is 0.200 e. The first-order valence-corrected chi connectivity index (χ1v) is 5.77. The van der Waals surface area contributed by atoms with Gasteiger partial charge in [0.05, 0.1) is 11.0 Å². The highest BCUT2D eigenvalue weighted by Crippen LogP contribution is 2.30. The van der Waals surface area contributed by atoms with E-state index in [-0.39, 0.29) is 5.75 Å². The van der Waals surface area contributed by atoms with E-state index in [2.05, 4.69) is 4.98 Å². The summed E-state index contributed by atoms with van der Waals surface area (Å²) in [4.78, 5) is 4.21. The molecule has 0 atom stereocenters. The molecule has 2 aromatic carbocycles. The number of benzene rings is 2. The second-order valence-corrected chi connectivity index (χ2v) is 4.37. The van der Waals surface area contributed by atoms with Crippen molar-refractivity contribution in [2.45, 2.75) is 0 Å². The van der Waals surface area contributed by atoms with Crippen molar-refractivity contribution in [2.24, 2.45) is 7.05 Å². The van der Waals surface area contributed by atoms with Crippen LogP contribution in [0.1, 0.15) is 0 Å². The third-order valence-electron chi connectivity index (χ3n) is 3.20. The number of aryl methyl sites for hydroxylation is 1. The molecule has 0 aliphatic rings. The molecular formula is C14H12FN3O. The third kappa shape index (κ3) is 1.71.